The highest BCUT2D eigenvalue weighted by Crippen LogP contribution is 2.54. The Morgan fingerprint density at radius 3 is 2.02 bits per heavy atom. The SMILES string of the molecule is CC(C)(C)c1ccc(Nc2cc3oc4cc(C(C)(C)C)ccc4c3cc2-c2ccc3c4c5c(ccc4n4c3c2[B]c2cc3oc6ccccc6c3cc2-4)C(C)(C)c2ccccc2-5)cc1. The van der Waals surface area contributed by atoms with Gasteiger partial charge in [-0.1, -0.05) is 146 Å². The lowest BCUT2D eigenvalue weighted by atomic mass is 9.59. The first-order valence-corrected chi connectivity index (χ1v) is 22.7. The molecular formula is C59H48BN2O2. The smallest absolute Gasteiger partial charge is 0.198 e. The van der Waals surface area contributed by atoms with Gasteiger partial charge in [-0.2, -0.15) is 0 Å². The molecular weight excluding hydrogens is 779 g/mol. The fourth-order valence-corrected chi connectivity index (χ4v) is 11.1. The summed E-state index contributed by atoms with van der Waals surface area (Å²) in [6, 6.07) is 51.7. The Morgan fingerprint density at radius 1 is 0.531 bits per heavy atom. The summed E-state index contributed by atoms with van der Waals surface area (Å²) >= 11 is 0. The molecule has 0 atom stereocenters. The van der Waals surface area contributed by atoms with Gasteiger partial charge in [0.15, 0.2) is 7.28 Å². The number of fused-ring (bicyclic) bond motifs is 15. The van der Waals surface area contributed by atoms with Crippen molar-refractivity contribution >= 4 is 95.3 Å². The highest BCUT2D eigenvalue weighted by atomic mass is 16.3. The molecule has 3 aromatic heterocycles. The minimum absolute atomic E-state index is 0.00118. The van der Waals surface area contributed by atoms with Crippen molar-refractivity contribution in [2.75, 3.05) is 5.32 Å². The van der Waals surface area contributed by atoms with E-state index >= 15 is 0 Å². The predicted octanol–water partition coefficient (Wildman–Crippen LogP) is 14.9. The Hall–Kier alpha value is -6.98. The number of furan rings is 2. The van der Waals surface area contributed by atoms with Crippen LogP contribution in [0.4, 0.5) is 11.4 Å². The molecule has 0 unspecified atom stereocenters. The number of aromatic nitrogens is 1. The average Bonchev–Trinajstić information content (AvgIpc) is 3.99. The number of rotatable bonds is 3. The van der Waals surface area contributed by atoms with Gasteiger partial charge < -0.3 is 18.7 Å². The molecule has 2 aliphatic rings. The Morgan fingerprint density at radius 2 is 1.20 bits per heavy atom. The molecule has 0 fully saturated rings. The average molecular weight is 828 g/mol. The second-order valence-corrected chi connectivity index (χ2v) is 20.9. The van der Waals surface area contributed by atoms with E-state index in [9.17, 15) is 0 Å². The molecule has 0 saturated heterocycles. The van der Waals surface area contributed by atoms with Crippen LogP contribution in [0.3, 0.4) is 0 Å². The van der Waals surface area contributed by atoms with E-state index in [0.717, 1.165) is 77.5 Å². The second-order valence-electron chi connectivity index (χ2n) is 20.9. The zero-order valence-corrected chi connectivity index (χ0v) is 37.6. The van der Waals surface area contributed by atoms with Crippen LogP contribution in [0.25, 0.3) is 93.6 Å². The number of nitrogens with zero attached hydrogens (tertiary/aromatic N) is 1. The standard InChI is InChI=1S/C59H48BN2O2/c1-57(2,3)32-17-20-34(21-18-32)61-46-31-52-41(36-22-19-33(58(4,5)6)27-50(36)64-52)28-40(46)37-23-24-39-54-47(26-25-44-53(54)38-14-9-11-15-43(38)59(44,7)8)62-48-29-42-35-13-10-12-16-49(35)63-51(42)30-45(48)60-55(37)56(39)62/h9-31,61H,1-8H3. The van der Waals surface area contributed by atoms with Gasteiger partial charge in [-0.25, -0.2) is 0 Å². The summed E-state index contributed by atoms with van der Waals surface area (Å²) in [5.41, 5.74) is 21.7. The van der Waals surface area contributed by atoms with Gasteiger partial charge in [-0.05, 0) is 104 Å². The first-order valence-electron chi connectivity index (χ1n) is 22.7. The number of para-hydroxylation sites is 1. The molecule has 0 bridgehead atoms. The maximum absolute atomic E-state index is 6.76. The van der Waals surface area contributed by atoms with Gasteiger partial charge in [-0.3, -0.25) is 0 Å². The summed E-state index contributed by atoms with van der Waals surface area (Å²) in [7, 11) is 2.41. The molecule has 0 spiro atoms. The van der Waals surface area contributed by atoms with Gasteiger partial charge in [0.1, 0.15) is 22.3 Å². The normalized spacial score (nSPS) is 14.2. The van der Waals surface area contributed by atoms with Gasteiger partial charge in [0.2, 0.25) is 0 Å². The molecule has 1 aliphatic heterocycles. The van der Waals surface area contributed by atoms with Crippen LogP contribution in [0.1, 0.15) is 77.6 Å². The molecule has 1 aliphatic carbocycles. The molecule has 5 heteroatoms. The van der Waals surface area contributed by atoms with Crippen LogP contribution < -0.4 is 16.2 Å². The summed E-state index contributed by atoms with van der Waals surface area (Å²) in [5, 5.41) is 10.9. The van der Waals surface area contributed by atoms with E-state index in [0.29, 0.717) is 0 Å². The molecule has 11 aromatic rings. The molecule has 64 heavy (non-hydrogen) atoms. The Bertz CT molecular complexity index is 3820. The molecule has 1 radical (unpaired) electrons. The van der Waals surface area contributed by atoms with Crippen LogP contribution in [0.2, 0.25) is 0 Å². The molecule has 13 rings (SSSR count). The fourth-order valence-electron chi connectivity index (χ4n) is 11.1. The Balaban J connectivity index is 1.12. The van der Waals surface area contributed by atoms with Gasteiger partial charge in [0.05, 0.1) is 11.2 Å². The van der Waals surface area contributed by atoms with Crippen molar-refractivity contribution in [3.8, 4) is 27.9 Å². The zero-order valence-electron chi connectivity index (χ0n) is 37.6. The first-order chi connectivity index (χ1) is 30.7. The molecule has 309 valence electrons. The summed E-state index contributed by atoms with van der Waals surface area (Å²) in [5.74, 6) is 0. The predicted molar refractivity (Wildman–Crippen MR) is 270 cm³/mol. The van der Waals surface area contributed by atoms with Crippen LogP contribution in [0.15, 0.2) is 148 Å². The minimum Gasteiger partial charge on any atom is -0.456 e. The highest BCUT2D eigenvalue weighted by molar-refractivity contribution is 6.73. The maximum Gasteiger partial charge on any atom is 0.198 e. The third-order valence-corrected chi connectivity index (χ3v) is 14.5. The van der Waals surface area contributed by atoms with Crippen LogP contribution in [-0.2, 0) is 16.2 Å². The molecule has 1 N–H and O–H groups in total. The van der Waals surface area contributed by atoms with Crippen LogP contribution in [0.5, 0.6) is 0 Å². The van der Waals surface area contributed by atoms with E-state index in [1.807, 2.05) is 0 Å². The van der Waals surface area contributed by atoms with Gasteiger partial charge >= 0.3 is 0 Å². The molecule has 4 heterocycles. The molecule has 0 amide bonds. The monoisotopic (exact) mass is 827 g/mol. The summed E-state index contributed by atoms with van der Waals surface area (Å²) in [4.78, 5) is 0. The van der Waals surface area contributed by atoms with E-state index in [4.69, 9.17) is 8.83 Å². The van der Waals surface area contributed by atoms with E-state index in [2.05, 4.69) is 212 Å². The summed E-state index contributed by atoms with van der Waals surface area (Å²) in [6.45, 7) is 18.3. The first kappa shape index (κ1) is 37.6. The lowest BCUT2D eigenvalue weighted by Gasteiger charge is -2.24. The third-order valence-electron chi connectivity index (χ3n) is 14.5. The van der Waals surface area contributed by atoms with Crippen molar-refractivity contribution in [2.24, 2.45) is 0 Å². The van der Waals surface area contributed by atoms with Crippen LogP contribution >= 0.6 is 0 Å². The van der Waals surface area contributed by atoms with Crippen molar-refractivity contribution in [3.05, 3.63) is 162 Å². The number of hydrogen-bond acceptors (Lipinski definition) is 3. The number of anilines is 2. The third kappa shape index (κ3) is 5.18. The summed E-state index contributed by atoms with van der Waals surface area (Å²) < 4.78 is 15.9. The van der Waals surface area contributed by atoms with Crippen molar-refractivity contribution < 1.29 is 8.83 Å². The number of benzene rings is 8. The lowest BCUT2D eigenvalue weighted by molar-refractivity contribution is 0.587. The zero-order chi connectivity index (χ0) is 43.6. The van der Waals surface area contributed by atoms with E-state index in [-0.39, 0.29) is 16.2 Å². The fraction of sp³-hybridized carbons (Fsp3) is 0.186. The van der Waals surface area contributed by atoms with Crippen molar-refractivity contribution in [1.82, 2.24) is 4.57 Å². The van der Waals surface area contributed by atoms with Crippen LogP contribution in [-0.4, -0.2) is 11.8 Å². The van der Waals surface area contributed by atoms with E-state index in [1.54, 1.807) is 0 Å². The second kappa shape index (κ2) is 12.6. The lowest BCUT2D eigenvalue weighted by Crippen LogP contribution is -2.37. The quantitative estimate of drug-likeness (QED) is 0.180. The van der Waals surface area contributed by atoms with Crippen molar-refractivity contribution in [3.63, 3.8) is 0 Å². The Kier molecular flexibility index (Phi) is 7.40. The van der Waals surface area contributed by atoms with Gasteiger partial charge in [-0.15, -0.1) is 0 Å². The number of hydrogen-bond donors (Lipinski definition) is 1. The maximum atomic E-state index is 6.76. The molecule has 4 nitrogen and oxygen atoms in total. The van der Waals surface area contributed by atoms with E-state index < -0.39 is 0 Å². The number of nitrogens with one attached hydrogen (secondary N) is 1. The molecule has 0 saturated carbocycles. The Labute approximate surface area is 373 Å². The topological polar surface area (TPSA) is 43.2 Å². The largest absolute Gasteiger partial charge is 0.456 e. The van der Waals surface area contributed by atoms with Crippen molar-refractivity contribution in [1.29, 1.82) is 0 Å². The van der Waals surface area contributed by atoms with Crippen LogP contribution in [0, 0.1) is 0 Å². The van der Waals surface area contributed by atoms with E-state index in [1.165, 1.54) is 60.6 Å². The van der Waals surface area contributed by atoms with Gasteiger partial charge in [0, 0.05) is 66.3 Å². The van der Waals surface area contributed by atoms with Gasteiger partial charge in [0.25, 0.3) is 0 Å². The minimum atomic E-state index is -0.120. The molecule has 8 aromatic carbocycles. The highest BCUT2D eigenvalue weighted by Gasteiger charge is 2.38. The summed E-state index contributed by atoms with van der Waals surface area (Å²) in [6.07, 6.45) is 0. The van der Waals surface area contributed by atoms with Crippen molar-refractivity contribution in [2.45, 2.75) is 71.6 Å².